The van der Waals surface area contributed by atoms with E-state index in [-0.39, 0.29) is 0 Å². The quantitative estimate of drug-likeness (QED) is 0.199. The Bertz CT molecular complexity index is 2070. The first-order valence-electron chi connectivity index (χ1n) is 15.9. The number of nitrogens with zero attached hydrogens (tertiary/aromatic N) is 4. The predicted molar refractivity (Wildman–Crippen MR) is 176 cm³/mol. The van der Waals surface area contributed by atoms with E-state index in [1.54, 1.807) is 0 Å². The molecule has 0 saturated heterocycles. The van der Waals surface area contributed by atoms with Gasteiger partial charge in [0.25, 0.3) is 0 Å². The third-order valence-electron chi connectivity index (χ3n) is 10.7. The largest absolute Gasteiger partial charge is 0.208 e. The standard InChI is InChI=1S/C40H32N4/c41-24-31-10-6-12-34-35(20-30-9-4-5-11-33(30)36(31)34)39-43-37(28-7-2-1-3-8-28)42-38(44-39)29-13-15-32(16-14-29)40-21-25-17-26(22-40)19-27(18-25)23-40/h1-16,20,25-27H,17-19,21-23H2/t25-,26+,27?,40?. The molecule has 0 atom stereocenters. The molecule has 4 saturated carbocycles. The number of aromatic nitrogens is 3. The Morgan fingerprint density at radius 1 is 0.591 bits per heavy atom. The van der Waals surface area contributed by atoms with Gasteiger partial charge in [-0.25, -0.2) is 15.0 Å². The zero-order valence-corrected chi connectivity index (χ0v) is 24.6. The van der Waals surface area contributed by atoms with E-state index >= 15 is 0 Å². The van der Waals surface area contributed by atoms with Gasteiger partial charge in [0, 0.05) is 22.1 Å². The van der Waals surface area contributed by atoms with Crippen molar-refractivity contribution < 1.29 is 0 Å². The Kier molecular flexibility index (Phi) is 5.72. The average molecular weight is 569 g/mol. The monoisotopic (exact) mass is 568 g/mol. The zero-order valence-electron chi connectivity index (χ0n) is 24.6. The molecule has 4 nitrogen and oxygen atoms in total. The van der Waals surface area contributed by atoms with Gasteiger partial charge in [0.1, 0.15) is 0 Å². The lowest BCUT2D eigenvalue weighted by Crippen LogP contribution is -2.48. The Morgan fingerprint density at radius 2 is 1.18 bits per heavy atom. The molecular formula is C40H32N4. The van der Waals surface area contributed by atoms with Gasteiger partial charge in [-0.05, 0) is 95.5 Å². The van der Waals surface area contributed by atoms with Crippen LogP contribution in [-0.4, -0.2) is 15.0 Å². The molecule has 4 bridgehead atoms. The Morgan fingerprint density at radius 3 is 1.86 bits per heavy atom. The number of nitriles is 1. The summed E-state index contributed by atoms with van der Waals surface area (Å²) in [7, 11) is 0. The van der Waals surface area contributed by atoms with Crippen molar-refractivity contribution in [3.05, 3.63) is 114 Å². The summed E-state index contributed by atoms with van der Waals surface area (Å²) in [4.78, 5) is 15.2. The van der Waals surface area contributed by atoms with E-state index < -0.39 is 0 Å². The normalized spacial score (nSPS) is 23.7. The van der Waals surface area contributed by atoms with Crippen molar-refractivity contribution in [1.82, 2.24) is 15.0 Å². The van der Waals surface area contributed by atoms with Crippen molar-refractivity contribution in [3.8, 4) is 40.2 Å². The summed E-state index contributed by atoms with van der Waals surface area (Å²) in [5, 5.41) is 14.1. The van der Waals surface area contributed by atoms with Crippen LogP contribution in [0.1, 0.15) is 49.7 Å². The highest BCUT2D eigenvalue weighted by Crippen LogP contribution is 2.60. The Balaban J connectivity index is 1.21. The summed E-state index contributed by atoms with van der Waals surface area (Å²) in [6.07, 6.45) is 8.41. The molecule has 5 aromatic carbocycles. The van der Waals surface area contributed by atoms with Gasteiger partial charge in [-0.2, -0.15) is 5.26 Å². The average Bonchev–Trinajstić information content (AvgIpc) is 3.07. The lowest BCUT2D eigenvalue weighted by Gasteiger charge is -2.57. The molecule has 0 aliphatic heterocycles. The first-order valence-corrected chi connectivity index (χ1v) is 15.9. The number of fused-ring (bicyclic) bond motifs is 3. The maximum Gasteiger partial charge on any atom is 0.164 e. The van der Waals surface area contributed by atoms with Crippen molar-refractivity contribution in [2.24, 2.45) is 17.8 Å². The summed E-state index contributed by atoms with van der Waals surface area (Å²) in [5.41, 5.74) is 5.37. The molecule has 0 spiro atoms. The molecule has 6 aromatic rings. The van der Waals surface area contributed by atoms with Crippen LogP contribution in [0.3, 0.4) is 0 Å². The summed E-state index contributed by atoms with van der Waals surface area (Å²) < 4.78 is 0. The van der Waals surface area contributed by atoms with Gasteiger partial charge in [0.05, 0.1) is 11.6 Å². The second-order valence-electron chi connectivity index (χ2n) is 13.4. The van der Waals surface area contributed by atoms with Gasteiger partial charge >= 0.3 is 0 Å². The van der Waals surface area contributed by atoms with E-state index in [1.165, 1.54) is 44.1 Å². The van der Waals surface area contributed by atoms with Crippen LogP contribution in [0.25, 0.3) is 55.7 Å². The molecule has 4 aliphatic rings. The lowest BCUT2D eigenvalue weighted by molar-refractivity contribution is -0.00518. The van der Waals surface area contributed by atoms with E-state index in [2.05, 4.69) is 54.6 Å². The topological polar surface area (TPSA) is 62.5 Å². The van der Waals surface area contributed by atoms with Crippen molar-refractivity contribution in [1.29, 1.82) is 5.26 Å². The molecule has 1 heterocycles. The summed E-state index contributed by atoms with van der Waals surface area (Å²) in [6.45, 7) is 0. The lowest BCUT2D eigenvalue weighted by atomic mass is 9.48. The van der Waals surface area contributed by atoms with Crippen LogP contribution in [0.15, 0.2) is 103 Å². The maximum atomic E-state index is 10.0. The first kappa shape index (κ1) is 25.6. The molecule has 0 unspecified atom stereocenters. The van der Waals surface area contributed by atoms with Crippen LogP contribution >= 0.6 is 0 Å². The van der Waals surface area contributed by atoms with Crippen molar-refractivity contribution in [3.63, 3.8) is 0 Å². The highest BCUT2D eigenvalue weighted by atomic mass is 15.0. The number of benzene rings is 5. The minimum absolute atomic E-state index is 0.356. The van der Waals surface area contributed by atoms with Crippen molar-refractivity contribution in [2.45, 2.75) is 43.9 Å². The number of rotatable bonds is 4. The Hall–Kier alpha value is -4.88. The van der Waals surface area contributed by atoms with Gasteiger partial charge in [-0.3, -0.25) is 0 Å². The van der Waals surface area contributed by atoms with Gasteiger partial charge in [-0.15, -0.1) is 0 Å². The highest BCUT2D eigenvalue weighted by Gasteiger charge is 2.51. The second-order valence-corrected chi connectivity index (χ2v) is 13.4. The van der Waals surface area contributed by atoms with E-state index in [0.29, 0.717) is 28.5 Å². The first-order chi connectivity index (χ1) is 21.7. The van der Waals surface area contributed by atoms with Gasteiger partial charge < -0.3 is 0 Å². The molecule has 212 valence electrons. The molecule has 0 amide bonds. The molecular weight excluding hydrogens is 536 g/mol. The molecule has 1 aromatic heterocycles. The zero-order chi connectivity index (χ0) is 29.3. The molecule has 0 N–H and O–H groups in total. The Labute approximate surface area is 257 Å². The van der Waals surface area contributed by atoms with Gasteiger partial charge in [0.15, 0.2) is 17.5 Å². The number of hydrogen-bond acceptors (Lipinski definition) is 4. The molecule has 44 heavy (non-hydrogen) atoms. The molecule has 0 radical (unpaired) electrons. The minimum atomic E-state index is 0.356. The SMILES string of the molecule is N#Cc1cccc2c(-c3nc(-c4ccccc4)nc(-c4ccc(C56CC7C[C@H](C5)C[C@@H](C7)C6)cc4)n3)cc3ccccc3c12. The van der Waals surface area contributed by atoms with Crippen LogP contribution < -0.4 is 0 Å². The fourth-order valence-electron chi connectivity index (χ4n) is 9.21. The van der Waals surface area contributed by atoms with E-state index in [1.807, 2.05) is 54.6 Å². The second kappa shape index (κ2) is 9.82. The van der Waals surface area contributed by atoms with Gasteiger partial charge in [-0.1, -0.05) is 91.0 Å². The number of hydrogen-bond donors (Lipinski definition) is 0. The fourth-order valence-corrected chi connectivity index (χ4v) is 9.21. The van der Waals surface area contributed by atoms with Gasteiger partial charge in [0.2, 0.25) is 0 Å². The highest BCUT2D eigenvalue weighted by molar-refractivity contribution is 6.15. The minimum Gasteiger partial charge on any atom is -0.208 e. The summed E-state index contributed by atoms with van der Waals surface area (Å²) >= 11 is 0. The van der Waals surface area contributed by atoms with E-state index in [0.717, 1.165) is 56.0 Å². The smallest absolute Gasteiger partial charge is 0.164 e. The fraction of sp³-hybridized carbons (Fsp3) is 0.250. The summed E-state index contributed by atoms with van der Waals surface area (Å²) in [6, 6.07) is 38.0. The van der Waals surface area contributed by atoms with Crippen LogP contribution in [0.2, 0.25) is 0 Å². The van der Waals surface area contributed by atoms with Crippen molar-refractivity contribution in [2.75, 3.05) is 0 Å². The molecule has 4 heteroatoms. The van der Waals surface area contributed by atoms with Crippen molar-refractivity contribution >= 4 is 21.5 Å². The van der Waals surface area contributed by atoms with Crippen LogP contribution in [0, 0.1) is 29.1 Å². The molecule has 4 aliphatic carbocycles. The predicted octanol–water partition coefficient (Wildman–Crippen LogP) is 9.52. The third-order valence-corrected chi connectivity index (χ3v) is 10.7. The third kappa shape index (κ3) is 4.07. The van der Waals surface area contributed by atoms with Crippen LogP contribution in [0.4, 0.5) is 0 Å². The van der Waals surface area contributed by atoms with Crippen LogP contribution in [0.5, 0.6) is 0 Å². The van der Waals surface area contributed by atoms with E-state index in [4.69, 9.17) is 15.0 Å². The van der Waals surface area contributed by atoms with Crippen LogP contribution in [-0.2, 0) is 5.41 Å². The van der Waals surface area contributed by atoms with E-state index in [9.17, 15) is 5.26 Å². The molecule has 4 fully saturated rings. The maximum absolute atomic E-state index is 10.0. The molecule has 10 rings (SSSR count). The summed E-state index contributed by atoms with van der Waals surface area (Å²) in [5.74, 6) is 4.68.